The highest BCUT2D eigenvalue weighted by molar-refractivity contribution is 5.93. The van der Waals surface area contributed by atoms with Crippen LogP contribution in [-0.2, 0) is 11.3 Å². The summed E-state index contributed by atoms with van der Waals surface area (Å²) in [5.74, 6) is -1.69. The molecule has 130 valence electrons. The number of anilines is 1. The summed E-state index contributed by atoms with van der Waals surface area (Å²) in [5, 5.41) is 8.95. The molecule has 0 atom stereocenters. The number of carbonyl (C=O) groups excluding carboxylic acids is 1. The molecule has 8 heteroatoms. The minimum atomic E-state index is -3.66. The van der Waals surface area contributed by atoms with Crippen LogP contribution in [0, 0.1) is 0 Å². The summed E-state index contributed by atoms with van der Waals surface area (Å²) in [6.45, 7) is -1.11. The van der Waals surface area contributed by atoms with Gasteiger partial charge in [0.1, 0.15) is 13.2 Å². The number of aromatic carboxylic acids is 1. The highest BCUT2D eigenvalue weighted by Crippen LogP contribution is 2.39. The fourth-order valence-corrected chi connectivity index (χ4v) is 2.37. The summed E-state index contributed by atoms with van der Waals surface area (Å²) in [6.07, 6.45) is -4.63. The number of halogens is 2. The molecule has 3 rings (SSSR count). The maximum absolute atomic E-state index is 13.8. The van der Waals surface area contributed by atoms with Gasteiger partial charge in [-0.15, -0.1) is 0 Å². The molecule has 2 aromatic carbocycles. The van der Waals surface area contributed by atoms with Gasteiger partial charge in [0.25, 0.3) is 0 Å². The molecule has 0 aromatic heterocycles. The van der Waals surface area contributed by atoms with E-state index in [-0.39, 0.29) is 17.9 Å². The van der Waals surface area contributed by atoms with Crippen LogP contribution in [-0.4, -0.2) is 29.8 Å². The summed E-state index contributed by atoms with van der Waals surface area (Å²) < 4.78 is 37.1. The van der Waals surface area contributed by atoms with Gasteiger partial charge >= 0.3 is 18.2 Å². The maximum Gasteiger partial charge on any atom is 0.416 e. The van der Waals surface area contributed by atoms with Gasteiger partial charge in [-0.3, -0.25) is 4.90 Å². The number of nitrogens with zero attached hydrogens (tertiary/aromatic N) is 1. The van der Waals surface area contributed by atoms with E-state index in [1.807, 2.05) is 0 Å². The van der Waals surface area contributed by atoms with Crippen LogP contribution in [0.4, 0.5) is 19.3 Å². The zero-order valence-electron chi connectivity index (χ0n) is 12.8. The fraction of sp³-hybridized carbons (Fsp3) is 0.176. The van der Waals surface area contributed by atoms with Crippen LogP contribution >= 0.6 is 0 Å². The minimum absolute atomic E-state index is 0.0222. The average Bonchev–Trinajstić information content (AvgIpc) is 2.58. The van der Waals surface area contributed by atoms with Crippen LogP contribution in [0.15, 0.2) is 48.5 Å². The lowest BCUT2D eigenvalue weighted by atomic mass is 10.1. The van der Waals surface area contributed by atoms with Crippen molar-refractivity contribution in [2.75, 3.05) is 11.4 Å². The number of carboxylic acid groups (broad SMARTS) is 1. The monoisotopic (exact) mass is 349 g/mol. The molecule has 2 aromatic rings. The average molecular weight is 349 g/mol. The molecule has 1 N–H and O–H groups in total. The number of benzene rings is 2. The Bertz CT molecular complexity index is 810. The van der Waals surface area contributed by atoms with Crippen molar-refractivity contribution in [1.29, 1.82) is 0 Å². The number of hydrogen-bond donors (Lipinski definition) is 1. The number of rotatable bonds is 3. The van der Waals surface area contributed by atoms with Crippen LogP contribution in [0.2, 0.25) is 0 Å². The summed E-state index contributed by atoms with van der Waals surface area (Å²) >= 11 is 0. The predicted octanol–water partition coefficient (Wildman–Crippen LogP) is 3.51. The van der Waals surface area contributed by atoms with Gasteiger partial charge in [-0.2, -0.15) is 8.78 Å². The lowest BCUT2D eigenvalue weighted by molar-refractivity contribution is -0.171. The highest BCUT2D eigenvalue weighted by Gasteiger charge is 2.43. The van der Waals surface area contributed by atoms with Crippen LogP contribution in [0.3, 0.4) is 0 Å². The maximum atomic E-state index is 13.8. The molecule has 0 aliphatic carbocycles. The smallest absolute Gasteiger partial charge is 0.416 e. The van der Waals surface area contributed by atoms with Gasteiger partial charge in [0.2, 0.25) is 0 Å². The molecule has 0 spiro atoms. The number of fused-ring (bicyclic) bond motifs is 1. The van der Waals surface area contributed by atoms with E-state index in [0.717, 1.165) is 11.0 Å². The van der Waals surface area contributed by atoms with Gasteiger partial charge in [0.15, 0.2) is 5.75 Å². The Morgan fingerprint density at radius 1 is 1.20 bits per heavy atom. The SMILES string of the molecule is O=C(O)c1ccc2c(c1)OC(F)(F)CN2C(=O)OCc1ccccc1. The molecule has 0 fully saturated rings. The number of carbonyl (C=O) groups is 2. The van der Waals surface area contributed by atoms with Crippen molar-refractivity contribution >= 4 is 17.7 Å². The van der Waals surface area contributed by atoms with Crippen LogP contribution < -0.4 is 9.64 Å². The van der Waals surface area contributed by atoms with Gasteiger partial charge < -0.3 is 14.6 Å². The second kappa shape index (κ2) is 6.39. The molecule has 0 radical (unpaired) electrons. The largest absolute Gasteiger partial charge is 0.478 e. The number of hydrogen-bond acceptors (Lipinski definition) is 4. The summed E-state index contributed by atoms with van der Waals surface area (Å²) in [4.78, 5) is 23.9. The van der Waals surface area contributed by atoms with Crippen molar-refractivity contribution in [3.05, 3.63) is 59.7 Å². The third-order valence-corrected chi connectivity index (χ3v) is 3.52. The Kier molecular flexibility index (Phi) is 4.26. The molecule has 1 aliphatic rings. The second-order valence-corrected chi connectivity index (χ2v) is 5.35. The standard InChI is InChI=1S/C17H13F2NO5/c18-17(19)10-20(16(23)24-9-11-4-2-1-3-5-11)13-7-6-12(15(21)22)8-14(13)25-17/h1-8H,9-10H2,(H,21,22). The number of ether oxygens (including phenoxy) is 2. The third kappa shape index (κ3) is 3.68. The zero-order valence-corrected chi connectivity index (χ0v) is 12.8. The van der Waals surface area contributed by atoms with Gasteiger partial charge in [-0.1, -0.05) is 30.3 Å². The lowest BCUT2D eigenvalue weighted by Crippen LogP contribution is -2.48. The first-order valence-electron chi connectivity index (χ1n) is 7.28. The van der Waals surface area contributed by atoms with Gasteiger partial charge in [0.05, 0.1) is 11.3 Å². The Balaban J connectivity index is 1.83. The topological polar surface area (TPSA) is 76.1 Å². The first-order chi connectivity index (χ1) is 11.9. The molecule has 0 bridgehead atoms. The summed E-state index contributed by atoms with van der Waals surface area (Å²) in [6, 6.07) is 12.2. The van der Waals surface area contributed by atoms with E-state index < -0.39 is 30.5 Å². The van der Waals surface area contributed by atoms with E-state index in [9.17, 15) is 18.4 Å². The lowest BCUT2D eigenvalue weighted by Gasteiger charge is -2.33. The Morgan fingerprint density at radius 3 is 2.60 bits per heavy atom. The summed E-state index contributed by atoms with van der Waals surface area (Å²) in [7, 11) is 0. The minimum Gasteiger partial charge on any atom is -0.478 e. The van der Waals surface area contributed by atoms with Crippen LogP contribution in [0.5, 0.6) is 5.75 Å². The van der Waals surface area contributed by atoms with E-state index in [4.69, 9.17) is 9.84 Å². The normalized spacial score (nSPS) is 15.0. The highest BCUT2D eigenvalue weighted by atomic mass is 19.3. The first kappa shape index (κ1) is 16.7. The third-order valence-electron chi connectivity index (χ3n) is 3.52. The quantitative estimate of drug-likeness (QED) is 0.918. The molecule has 1 aliphatic heterocycles. The zero-order chi connectivity index (χ0) is 18.0. The van der Waals surface area contributed by atoms with Crippen molar-refractivity contribution in [2.24, 2.45) is 0 Å². The number of alkyl halides is 2. The molecule has 0 saturated heterocycles. The molecule has 0 saturated carbocycles. The molecule has 25 heavy (non-hydrogen) atoms. The molecular weight excluding hydrogens is 336 g/mol. The molecule has 6 nitrogen and oxygen atoms in total. The summed E-state index contributed by atoms with van der Waals surface area (Å²) in [5.41, 5.74) is 0.500. The van der Waals surface area contributed by atoms with Crippen LogP contribution in [0.25, 0.3) is 0 Å². The van der Waals surface area contributed by atoms with Crippen molar-refractivity contribution < 1.29 is 33.0 Å². The van der Waals surface area contributed by atoms with Crippen LogP contribution in [0.1, 0.15) is 15.9 Å². The first-order valence-corrected chi connectivity index (χ1v) is 7.28. The van der Waals surface area contributed by atoms with E-state index in [1.54, 1.807) is 30.3 Å². The van der Waals surface area contributed by atoms with Gasteiger partial charge in [-0.25, -0.2) is 9.59 Å². The van der Waals surface area contributed by atoms with Crippen molar-refractivity contribution in [3.8, 4) is 5.75 Å². The Morgan fingerprint density at radius 2 is 1.92 bits per heavy atom. The van der Waals surface area contributed by atoms with E-state index >= 15 is 0 Å². The molecule has 0 unspecified atom stereocenters. The number of carboxylic acids is 1. The van der Waals surface area contributed by atoms with Crippen molar-refractivity contribution in [3.63, 3.8) is 0 Å². The molecule has 1 heterocycles. The predicted molar refractivity (Wildman–Crippen MR) is 82.9 cm³/mol. The van der Waals surface area contributed by atoms with E-state index in [1.165, 1.54) is 12.1 Å². The second-order valence-electron chi connectivity index (χ2n) is 5.35. The Hall–Kier alpha value is -3.16. The number of amides is 1. The van der Waals surface area contributed by atoms with Gasteiger partial charge in [0, 0.05) is 0 Å². The van der Waals surface area contributed by atoms with Crippen molar-refractivity contribution in [1.82, 2.24) is 0 Å². The Labute approximate surface area is 141 Å². The van der Waals surface area contributed by atoms with E-state index in [2.05, 4.69) is 4.74 Å². The van der Waals surface area contributed by atoms with E-state index in [0.29, 0.717) is 5.56 Å². The fourth-order valence-electron chi connectivity index (χ4n) is 2.37. The van der Waals surface area contributed by atoms with Gasteiger partial charge in [-0.05, 0) is 23.8 Å². The van der Waals surface area contributed by atoms with Crippen molar-refractivity contribution in [2.45, 2.75) is 12.7 Å². The molecule has 1 amide bonds. The molecular formula is C17H13F2NO5.